The van der Waals surface area contributed by atoms with Gasteiger partial charge in [0.15, 0.2) is 0 Å². The van der Waals surface area contributed by atoms with Gasteiger partial charge < -0.3 is 4.74 Å². The fraction of sp³-hybridized carbons (Fsp3) is 0.516. The third-order valence-electron chi connectivity index (χ3n) is 6.68. The number of esters is 1. The summed E-state index contributed by atoms with van der Waals surface area (Å²) >= 11 is 2.94. The van der Waals surface area contributed by atoms with E-state index in [0.29, 0.717) is 21.7 Å². The molecule has 0 fully saturated rings. The van der Waals surface area contributed by atoms with Crippen molar-refractivity contribution in [1.82, 2.24) is 0 Å². The summed E-state index contributed by atoms with van der Waals surface area (Å²) in [5, 5.41) is 0. The topological polar surface area (TPSA) is 26.3 Å². The number of halogens is 2. The number of thiophene rings is 2. The quantitative estimate of drug-likeness (QED) is 0.140. The van der Waals surface area contributed by atoms with Gasteiger partial charge in [0.05, 0.1) is 6.61 Å². The van der Waals surface area contributed by atoms with Crippen LogP contribution in [-0.4, -0.2) is 12.6 Å². The van der Waals surface area contributed by atoms with E-state index in [-0.39, 0.29) is 23.3 Å². The molecule has 2 aromatic heterocycles. The van der Waals surface area contributed by atoms with Gasteiger partial charge >= 0.3 is 5.97 Å². The van der Waals surface area contributed by atoms with Crippen molar-refractivity contribution in [2.75, 3.05) is 6.61 Å². The second-order valence-corrected chi connectivity index (χ2v) is 11.8. The number of carbonyl (C=O) groups is 1. The molecule has 0 spiro atoms. The fourth-order valence-corrected chi connectivity index (χ4v) is 6.91. The largest absolute Gasteiger partial charge is 0.462 e. The van der Waals surface area contributed by atoms with Crippen LogP contribution in [0.25, 0.3) is 20.9 Å². The third kappa shape index (κ3) is 7.29. The molecule has 0 atom stereocenters. The lowest BCUT2D eigenvalue weighted by Gasteiger charge is -2.17. The van der Waals surface area contributed by atoms with Crippen molar-refractivity contribution in [2.45, 2.75) is 98.3 Å². The van der Waals surface area contributed by atoms with Crippen molar-refractivity contribution in [1.29, 1.82) is 0 Å². The number of aryl methyl sites for hydroxylation is 2. The SMILES string of the molecule is CCCCCCc1ccc(-c2c(F)c(C(=O)OCC)c(-c3ccc(CCCCCC)s3)c(F)c2CC)s1. The Morgan fingerprint density at radius 1 is 0.730 bits per heavy atom. The zero-order valence-corrected chi connectivity index (χ0v) is 24.3. The number of hydrogen-bond donors (Lipinski definition) is 0. The molecule has 6 heteroatoms. The summed E-state index contributed by atoms with van der Waals surface area (Å²) in [6.07, 6.45) is 11.3. The van der Waals surface area contributed by atoms with Crippen LogP contribution in [-0.2, 0) is 24.0 Å². The first-order valence-electron chi connectivity index (χ1n) is 13.9. The van der Waals surface area contributed by atoms with Crippen molar-refractivity contribution >= 4 is 28.6 Å². The molecule has 0 aliphatic carbocycles. The van der Waals surface area contributed by atoms with Crippen LogP contribution in [0.3, 0.4) is 0 Å². The van der Waals surface area contributed by atoms with Crippen LogP contribution < -0.4 is 0 Å². The van der Waals surface area contributed by atoms with Crippen LogP contribution >= 0.6 is 22.7 Å². The molecule has 0 N–H and O–H groups in total. The average Bonchev–Trinajstić information content (AvgIpc) is 3.55. The van der Waals surface area contributed by atoms with E-state index in [0.717, 1.165) is 48.3 Å². The molecule has 0 aliphatic rings. The van der Waals surface area contributed by atoms with Gasteiger partial charge in [-0.2, -0.15) is 0 Å². The molecule has 2 heterocycles. The van der Waals surface area contributed by atoms with Crippen LogP contribution in [0.15, 0.2) is 24.3 Å². The Morgan fingerprint density at radius 2 is 1.27 bits per heavy atom. The minimum absolute atomic E-state index is 0.0395. The molecule has 2 nitrogen and oxygen atoms in total. The molecule has 3 rings (SSSR count). The number of benzene rings is 1. The number of rotatable bonds is 15. The van der Waals surface area contributed by atoms with Crippen LogP contribution in [0.4, 0.5) is 8.78 Å². The first-order chi connectivity index (χ1) is 18.0. The second kappa shape index (κ2) is 14.8. The predicted molar refractivity (Wildman–Crippen MR) is 154 cm³/mol. The molecule has 202 valence electrons. The van der Waals surface area contributed by atoms with Crippen LogP contribution in [0.1, 0.15) is 105 Å². The van der Waals surface area contributed by atoms with Gasteiger partial charge in [0.2, 0.25) is 0 Å². The van der Waals surface area contributed by atoms with E-state index in [1.54, 1.807) is 6.92 Å². The standard InChI is InChI=1S/C31H40F2O2S2/c1-5-9-11-13-15-21-17-19-24(36-21)26-23(7-3)29(32)27(28(30(26)33)31(34)35-8-4)25-20-18-22(37-25)16-14-12-10-6-2/h17-20H,5-16H2,1-4H3. The Labute approximate surface area is 229 Å². The maximum Gasteiger partial charge on any atom is 0.341 e. The zero-order chi connectivity index (χ0) is 26.8. The van der Waals surface area contributed by atoms with E-state index < -0.39 is 17.6 Å². The Morgan fingerprint density at radius 3 is 1.76 bits per heavy atom. The van der Waals surface area contributed by atoms with Gasteiger partial charge in [0.25, 0.3) is 0 Å². The van der Waals surface area contributed by atoms with Crippen molar-refractivity contribution in [3.63, 3.8) is 0 Å². The summed E-state index contributed by atoms with van der Waals surface area (Å²) in [5.41, 5.74) is 0.271. The maximum absolute atomic E-state index is 16.3. The smallest absolute Gasteiger partial charge is 0.341 e. The minimum Gasteiger partial charge on any atom is -0.462 e. The van der Waals surface area contributed by atoms with Gasteiger partial charge in [-0.15, -0.1) is 22.7 Å². The van der Waals surface area contributed by atoms with Gasteiger partial charge in [0, 0.05) is 30.6 Å². The number of unbranched alkanes of at least 4 members (excludes halogenated alkanes) is 6. The molecule has 0 amide bonds. The molecule has 0 radical (unpaired) electrons. The van der Waals surface area contributed by atoms with E-state index in [9.17, 15) is 4.79 Å². The Bertz CT molecular complexity index is 1160. The maximum atomic E-state index is 16.3. The van der Waals surface area contributed by atoms with Crippen molar-refractivity contribution in [2.24, 2.45) is 0 Å². The molecular weight excluding hydrogens is 506 g/mol. The van der Waals surface area contributed by atoms with Gasteiger partial charge in [-0.3, -0.25) is 0 Å². The molecule has 3 aromatic rings. The van der Waals surface area contributed by atoms with E-state index in [4.69, 9.17) is 4.74 Å². The first kappa shape index (κ1) is 29.5. The van der Waals surface area contributed by atoms with E-state index in [1.165, 1.54) is 48.4 Å². The lowest BCUT2D eigenvalue weighted by Crippen LogP contribution is -2.13. The second-order valence-electron chi connectivity index (χ2n) is 9.46. The lowest BCUT2D eigenvalue weighted by atomic mass is 9.93. The fourth-order valence-electron chi connectivity index (χ4n) is 4.70. The highest BCUT2D eigenvalue weighted by Crippen LogP contribution is 2.43. The molecular formula is C31H40F2O2S2. The van der Waals surface area contributed by atoms with Gasteiger partial charge in [-0.1, -0.05) is 59.3 Å². The van der Waals surface area contributed by atoms with Crippen LogP contribution in [0.2, 0.25) is 0 Å². The summed E-state index contributed by atoms with van der Waals surface area (Å²) in [6, 6.07) is 7.66. The monoisotopic (exact) mass is 546 g/mol. The zero-order valence-electron chi connectivity index (χ0n) is 22.7. The van der Waals surface area contributed by atoms with Crippen molar-refractivity contribution in [3.05, 3.63) is 56.8 Å². The highest BCUT2D eigenvalue weighted by atomic mass is 32.1. The molecule has 37 heavy (non-hydrogen) atoms. The summed E-state index contributed by atoms with van der Waals surface area (Å²) < 4.78 is 37.8. The average molecular weight is 547 g/mol. The lowest BCUT2D eigenvalue weighted by molar-refractivity contribution is 0.0521. The van der Waals surface area contributed by atoms with Gasteiger partial charge in [-0.05, 0) is 68.9 Å². The number of ether oxygens (including phenoxy) is 1. The van der Waals surface area contributed by atoms with Crippen LogP contribution in [0, 0.1) is 11.6 Å². The van der Waals surface area contributed by atoms with Crippen molar-refractivity contribution < 1.29 is 18.3 Å². The molecule has 0 saturated heterocycles. The Balaban J connectivity index is 2.06. The molecule has 0 unspecified atom stereocenters. The summed E-state index contributed by atoms with van der Waals surface area (Å²) in [7, 11) is 0. The summed E-state index contributed by atoms with van der Waals surface area (Å²) in [6.45, 7) is 7.97. The highest BCUT2D eigenvalue weighted by molar-refractivity contribution is 7.16. The van der Waals surface area contributed by atoms with Gasteiger partial charge in [-0.25, -0.2) is 13.6 Å². The van der Waals surface area contributed by atoms with Gasteiger partial charge in [0.1, 0.15) is 17.2 Å². The van der Waals surface area contributed by atoms with Crippen LogP contribution in [0.5, 0.6) is 0 Å². The Hall–Kier alpha value is -2.05. The number of hydrogen-bond acceptors (Lipinski definition) is 4. The first-order valence-corrected chi connectivity index (χ1v) is 15.5. The summed E-state index contributed by atoms with van der Waals surface area (Å²) in [5.74, 6) is -2.00. The Kier molecular flexibility index (Phi) is 11.8. The molecule has 0 bridgehead atoms. The molecule has 1 aromatic carbocycles. The molecule has 0 saturated carbocycles. The molecule has 0 aliphatic heterocycles. The van der Waals surface area contributed by atoms with E-state index >= 15 is 8.78 Å². The normalized spacial score (nSPS) is 11.3. The number of carbonyl (C=O) groups excluding carboxylic acids is 1. The summed E-state index contributed by atoms with van der Waals surface area (Å²) in [4.78, 5) is 16.5. The highest BCUT2D eigenvalue weighted by Gasteiger charge is 2.31. The predicted octanol–water partition coefficient (Wildman–Crippen LogP) is 10.4. The minimum atomic E-state index is -0.813. The third-order valence-corrected chi connectivity index (χ3v) is 9.00. The van der Waals surface area contributed by atoms with E-state index in [1.807, 2.05) is 31.2 Å². The van der Waals surface area contributed by atoms with E-state index in [2.05, 4.69) is 13.8 Å². The van der Waals surface area contributed by atoms with Crippen molar-refractivity contribution in [3.8, 4) is 20.9 Å².